The van der Waals surface area contributed by atoms with E-state index in [1.807, 2.05) is 0 Å². The van der Waals surface area contributed by atoms with E-state index in [1.165, 1.54) is 19.3 Å². The zero-order valence-electron chi connectivity index (χ0n) is 10.4. The monoisotopic (exact) mass is 239 g/mol. The van der Waals surface area contributed by atoms with Crippen LogP contribution in [0.15, 0.2) is 0 Å². The van der Waals surface area contributed by atoms with Gasteiger partial charge in [-0.3, -0.25) is 0 Å². The molecule has 16 heavy (non-hydrogen) atoms. The third-order valence-electron chi connectivity index (χ3n) is 2.80. The number of nitrogens with one attached hydrogen (secondary N) is 1. The van der Waals surface area contributed by atoms with Crippen LogP contribution in [0.1, 0.15) is 45.0 Å². The molecule has 1 unspecified atom stereocenters. The van der Waals surface area contributed by atoms with E-state index in [0.29, 0.717) is 12.0 Å². The predicted molar refractivity (Wildman–Crippen MR) is 68.9 cm³/mol. The maximum Gasteiger partial charge on any atom is 0.205 e. The average Bonchev–Trinajstić information content (AvgIpc) is 2.87. The van der Waals surface area contributed by atoms with Gasteiger partial charge in [0.05, 0.1) is 0 Å². The molecule has 90 valence electrons. The van der Waals surface area contributed by atoms with Crippen molar-refractivity contribution in [1.29, 1.82) is 0 Å². The summed E-state index contributed by atoms with van der Waals surface area (Å²) in [6.45, 7) is 6.66. The summed E-state index contributed by atoms with van der Waals surface area (Å²) in [5, 5.41) is 14.0. The topological polar surface area (TPSA) is 37.8 Å². The van der Waals surface area contributed by atoms with Crippen LogP contribution in [-0.2, 0) is 6.42 Å². The van der Waals surface area contributed by atoms with Crippen LogP contribution in [0.25, 0.3) is 0 Å². The second-order valence-corrected chi connectivity index (χ2v) is 6.39. The van der Waals surface area contributed by atoms with Crippen LogP contribution >= 0.6 is 11.3 Å². The van der Waals surface area contributed by atoms with Crippen molar-refractivity contribution in [3.05, 3.63) is 5.01 Å². The first-order valence-electron chi connectivity index (χ1n) is 6.22. The van der Waals surface area contributed by atoms with Gasteiger partial charge in [-0.15, -0.1) is 10.2 Å². The minimum atomic E-state index is 0.535. The number of hydrogen-bond acceptors (Lipinski definition) is 4. The van der Waals surface area contributed by atoms with Gasteiger partial charge < -0.3 is 5.32 Å². The maximum absolute atomic E-state index is 4.21. The van der Waals surface area contributed by atoms with Crippen molar-refractivity contribution in [2.45, 2.75) is 52.5 Å². The van der Waals surface area contributed by atoms with E-state index < -0.39 is 0 Å². The molecule has 2 rings (SSSR count). The lowest BCUT2D eigenvalue weighted by molar-refractivity contribution is 0.636. The Balaban J connectivity index is 1.81. The minimum absolute atomic E-state index is 0.535. The van der Waals surface area contributed by atoms with E-state index in [-0.39, 0.29) is 0 Å². The minimum Gasteiger partial charge on any atom is -0.358 e. The first-order valence-corrected chi connectivity index (χ1v) is 7.04. The summed E-state index contributed by atoms with van der Waals surface area (Å²) in [5.41, 5.74) is 0. The first kappa shape index (κ1) is 11.8. The average molecular weight is 239 g/mol. The van der Waals surface area contributed by atoms with Crippen LogP contribution in [-0.4, -0.2) is 16.2 Å². The first-order chi connectivity index (χ1) is 7.63. The molecule has 3 nitrogen and oxygen atoms in total. The SMILES string of the molecule is CC(C)Cc1nnc(NC(C)CC2CC2)s1. The molecule has 1 N–H and O–H groups in total. The molecule has 1 atom stereocenters. The van der Waals surface area contributed by atoms with Crippen LogP contribution in [0.5, 0.6) is 0 Å². The quantitative estimate of drug-likeness (QED) is 0.827. The normalized spacial score (nSPS) is 17.8. The summed E-state index contributed by atoms with van der Waals surface area (Å²) < 4.78 is 0. The fourth-order valence-corrected chi connectivity index (χ4v) is 2.93. The van der Waals surface area contributed by atoms with E-state index in [9.17, 15) is 0 Å². The molecule has 1 aliphatic carbocycles. The standard InChI is InChI=1S/C12H21N3S/c1-8(2)6-11-14-15-12(16-11)13-9(3)7-10-4-5-10/h8-10H,4-7H2,1-3H3,(H,13,15). The fraction of sp³-hybridized carbons (Fsp3) is 0.833. The molecule has 0 bridgehead atoms. The number of nitrogens with zero attached hydrogens (tertiary/aromatic N) is 2. The molecular weight excluding hydrogens is 218 g/mol. The van der Waals surface area contributed by atoms with Crippen LogP contribution in [0, 0.1) is 11.8 Å². The van der Waals surface area contributed by atoms with E-state index in [2.05, 4.69) is 36.3 Å². The maximum atomic E-state index is 4.21. The second kappa shape index (κ2) is 5.13. The van der Waals surface area contributed by atoms with Gasteiger partial charge in [-0.25, -0.2) is 0 Å². The van der Waals surface area contributed by atoms with Crippen LogP contribution in [0.4, 0.5) is 5.13 Å². The van der Waals surface area contributed by atoms with Gasteiger partial charge in [0.1, 0.15) is 5.01 Å². The van der Waals surface area contributed by atoms with Crippen molar-refractivity contribution in [2.75, 3.05) is 5.32 Å². The number of hydrogen-bond donors (Lipinski definition) is 1. The van der Waals surface area contributed by atoms with E-state index >= 15 is 0 Å². The third kappa shape index (κ3) is 3.74. The molecule has 1 heterocycles. The van der Waals surface area contributed by atoms with E-state index in [1.54, 1.807) is 11.3 Å². The lowest BCUT2D eigenvalue weighted by atomic mass is 10.1. The summed E-state index contributed by atoms with van der Waals surface area (Å²) >= 11 is 1.70. The van der Waals surface area contributed by atoms with Crippen molar-refractivity contribution in [2.24, 2.45) is 11.8 Å². The van der Waals surface area contributed by atoms with E-state index in [0.717, 1.165) is 22.5 Å². The summed E-state index contributed by atoms with van der Waals surface area (Å²) in [7, 11) is 0. The van der Waals surface area contributed by atoms with Crippen molar-refractivity contribution in [3.8, 4) is 0 Å². The Hall–Kier alpha value is -0.640. The molecule has 0 aromatic carbocycles. The van der Waals surface area contributed by atoms with Gasteiger partial charge >= 0.3 is 0 Å². The molecule has 0 radical (unpaired) electrons. The Morgan fingerprint density at radius 2 is 2.06 bits per heavy atom. The van der Waals surface area contributed by atoms with Gasteiger partial charge in [0.2, 0.25) is 5.13 Å². The highest BCUT2D eigenvalue weighted by atomic mass is 32.1. The Labute approximate surface area is 102 Å². The molecule has 1 aromatic rings. The highest BCUT2D eigenvalue weighted by Gasteiger charge is 2.23. The van der Waals surface area contributed by atoms with Crippen molar-refractivity contribution in [3.63, 3.8) is 0 Å². The van der Waals surface area contributed by atoms with Gasteiger partial charge in [0.25, 0.3) is 0 Å². The van der Waals surface area contributed by atoms with E-state index in [4.69, 9.17) is 0 Å². The summed E-state index contributed by atoms with van der Waals surface area (Å²) in [5.74, 6) is 1.62. The Bertz CT molecular complexity index is 331. The summed E-state index contributed by atoms with van der Waals surface area (Å²) in [4.78, 5) is 0. The molecule has 0 spiro atoms. The molecule has 4 heteroatoms. The number of rotatable bonds is 6. The second-order valence-electron chi connectivity index (χ2n) is 5.32. The Morgan fingerprint density at radius 1 is 1.31 bits per heavy atom. The lowest BCUT2D eigenvalue weighted by Crippen LogP contribution is -2.15. The largest absolute Gasteiger partial charge is 0.358 e. The van der Waals surface area contributed by atoms with Crippen LogP contribution in [0.3, 0.4) is 0 Å². The lowest BCUT2D eigenvalue weighted by Gasteiger charge is -2.10. The number of aromatic nitrogens is 2. The highest BCUT2D eigenvalue weighted by molar-refractivity contribution is 7.15. The van der Waals surface area contributed by atoms with Crippen molar-refractivity contribution < 1.29 is 0 Å². The van der Waals surface area contributed by atoms with Crippen molar-refractivity contribution in [1.82, 2.24) is 10.2 Å². The molecule has 0 saturated heterocycles. The molecule has 0 aliphatic heterocycles. The highest BCUT2D eigenvalue weighted by Crippen LogP contribution is 2.34. The molecule has 1 fully saturated rings. The smallest absolute Gasteiger partial charge is 0.205 e. The molecule has 0 amide bonds. The molecule has 1 aliphatic rings. The zero-order valence-corrected chi connectivity index (χ0v) is 11.2. The van der Waals surface area contributed by atoms with Gasteiger partial charge in [-0.05, 0) is 25.2 Å². The van der Waals surface area contributed by atoms with Crippen LogP contribution < -0.4 is 5.32 Å². The Kier molecular flexibility index (Phi) is 3.79. The van der Waals surface area contributed by atoms with Gasteiger partial charge in [0.15, 0.2) is 0 Å². The zero-order chi connectivity index (χ0) is 11.5. The predicted octanol–water partition coefficient (Wildman–Crippen LogP) is 3.34. The van der Waals surface area contributed by atoms with Crippen molar-refractivity contribution >= 4 is 16.5 Å². The number of anilines is 1. The molecular formula is C12H21N3S. The Morgan fingerprint density at radius 3 is 2.69 bits per heavy atom. The summed E-state index contributed by atoms with van der Waals surface area (Å²) in [6, 6.07) is 0.535. The van der Waals surface area contributed by atoms with Gasteiger partial charge in [-0.2, -0.15) is 0 Å². The molecule has 1 saturated carbocycles. The van der Waals surface area contributed by atoms with Crippen LogP contribution in [0.2, 0.25) is 0 Å². The van der Waals surface area contributed by atoms with Gasteiger partial charge in [0, 0.05) is 12.5 Å². The third-order valence-corrected chi connectivity index (χ3v) is 3.68. The molecule has 1 aromatic heterocycles. The van der Waals surface area contributed by atoms with Gasteiger partial charge in [-0.1, -0.05) is 38.0 Å². The fourth-order valence-electron chi connectivity index (χ4n) is 1.87. The summed E-state index contributed by atoms with van der Waals surface area (Å²) in [6.07, 6.45) is 5.15.